The van der Waals surface area contributed by atoms with Gasteiger partial charge in [0.15, 0.2) is 0 Å². The average molecular weight is 281 g/mol. The van der Waals surface area contributed by atoms with Gasteiger partial charge in [-0.15, -0.1) is 11.8 Å². The lowest BCUT2D eigenvalue weighted by Crippen LogP contribution is -2.07. The summed E-state index contributed by atoms with van der Waals surface area (Å²) in [7, 11) is 0. The normalized spacial score (nSPS) is 10.6. The summed E-state index contributed by atoms with van der Waals surface area (Å²) in [6, 6.07) is 5.93. The number of nitrogen functional groups attached to an aromatic ring is 1. The first-order valence-corrected chi connectivity index (χ1v) is 6.54. The zero-order valence-corrected chi connectivity index (χ0v) is 10.9. The molecular formula is C12H12FN3O2S. The van der Waals surface area contributed by atoms with E-state index >= 15 is 0 Å². The number of benzene rings is 1. The van der Waals surface area contributed by atoms with Crippen molar-refractivity contribution in [1.29, 1.82) is 0 Å². The molecule has 5 nitrogen and oxygen atoms in total. The van der Waals surface area contributed by atoms with Crippen molar-refractivity contribution in [2.45, 2.75) is 11.9 Å². The highest BCUT2D eigenvalue weighted by Gasteiger charge is 2.23. The number of carbonyl (C=O) groups is 1. The Morgan fingerprint density at radius 1 is 1.53 bits per heavy atom. The number of rotatable bonds is 4. The number of aromatic nitrogens is 2. The summed E-state index contributed by atoms with van der Waals surface area (Å²) >= 11 is 1.25. The molecule has 0 saturated heterocycles. The maximum absolute atomic E-state index is 13.7. The number of carboxylic acid groups (broad SMARTS) is 1. The summed E-state index contributed by atoms with van der Waals surface area (Å²) in [6.45, 7) is 1.87. The van der Waals surface area contributed by atoms with E-state index in [1.165, 1.54) is 23.9 Å². The van der Waals surface area contributed by atoms with E-state index in [-0.39, 0.29) is 22.1 Å². The summed E-state index contributed by atoms with van der Waals surface area (Å²) < 4.78 is 14.8. The van der Waals surface area contributed by atoms with Crippen molar-refractivity contribution >= 4 is 23.5 Å². The number of para-hydroxylation sites is 1. The van der Waals surface area contributed by atoms with Gasteiger partial charge in [-0.2, -0.15) is 5.10 Å². The van der Waals surface area contributed by atoms with Gasteiger partial charge in [-0.25, -0.2) is 13.9 Å². The fraction of sp³-hybridized carbons (Fsp3) is 0.167. The largest absolute Gasteiger partial charge is 0.477 e. The van der Waals surface area contributed by atoms with E-state index in [1.54, 1.807) is 12.1 Å². The van der Waals surface area contributed by atoms with Crippen LogP contribution in [-0.4, -0.2) is 26.6 Å². The summed E-state index contributed by atoms with van der Waals surface area (Å²) in [5.41, 5.74) is 5.82. The number of hydrogen-bond acceptors (Lipinski definition) is 4. The molecule has 0 aliphatic rings. The van der Waals surface area contributed by atoms with Gasteiger partial charge in [-0.3, -0.25) is 0 Å². The van der Waals surface area contributed by atoms with E-state index in [4.69, 9.17) is 10.8 Å². The molecule has 0 saturated carbocycles. The molecule has 0 radical (unpaired) electrons. The fourth-order valence-corrected chi connectivity index (χ4v) is 2.41. The zero-order valence-electron chi connectivity index (χ0n) is 10.1. The number of halogens is 1. The van der Waals surface area contributed by atoms with Crippen molar-refractivity contribution in [2.75, 3.05) is 11.5 Å². The van der Waals surface area contributed by atoms with Crippen molar-refractivity contribution in [3.05, 3.63) is 35.6 Å². The molecule has 7 heteroatoms. The topological polar surface area (TPSA) is 81.1 Å². The molecule has 0 unspecified atom stereocenters. The van der Waals surface area contributed by atoms with E-state index in [0.717, 1.165) is 4.68 Å². The Bertz CT molecular complexity index is 627. The van der Waals surface area contributed by atoms with Crippen molar-refractivity contribution in [1.82, 2.24) is 9.78 Å². The molecule has 0 aliphatic carbocycles. The quantitative estimate of drug-likeness (QED) is 0.841. The second-order valence-electron chi connectivity index (χ2n) is 3.67. The van der Waals surface area contributed by atoms with E-state index in [9.17, 15) is 9.18 Å². The minimum atomic E-state index is -1.17. The van der Waals surface area contributed by atoms with Gasteiger partial charge in [0.2, 0.25) is 0 Å². The number of hydrogen-bond donors (Lipinski definition) is 2. The Morgan fingerprint density at radius 3 is 2.79 bits per heavy atom. The van der Waals surface area contributed by atoms with E-state index < -0.39 is 11.8 Å². The number of thioether (sulfide) groups is 1. The first kappa shape index (κ1) is 13.4. The highest BCUT2D eigenvalue weighted by Crippen LogP contribution is 2.29. The molecule has 0 bridgehead atoms. The van der Waals surface area contributed by atoms with Crippen LogP contribution in [0.3, 0.4) is 0 Å². The Morgan fingerprint density at radius 2 is 2.21 bits per heavy atom. The third kappa shape index (κ3) is 2.41. The van der Waals surface area contributed by atoms with Gasteiger partial charge in [0.25, 0.3) is 0 Å². The summed E-state index contributed by atoms with van der Waals surface area (Å²) in [4.78, 5) is 11.2. The van der Waals surface area contributed by atoms with Crippen LogP contribution in [0.4, 0.5) is 10.2 Å². The van der Waals surface area contributed by atoms with E-state index in [0.29, 0.717) is 5.75 Å². The van der Waals surface area contributed by atoms with E-state index in [2.05, 4.69) is 5.10 Å². The van der Waals surface area contributed by atoms with Gasteiger partial charge in [-0.1, -0.05) is 19.1 Å². The number of nitrogens with two attached hydrogens (primary N) is 1. The predicted octanol–water partition coefficient (Wildman–Crippen LogP) is 2.40. The lowest BCUT2D eigenvalue weighted by molar-refractivity contribution is 0.0694. The van der Waals surface area contributed by atoms with E-state index in [1.807, 2.05) is 6.92 Å². The monoisotopic (exact) mass is 281 g/mol. The molecule has 0 fully saturated rings. The number of carboxylic acids is 1. The van der Waals surface area contributed by atoms with Crippen LogP contribution in [0.15, 0.2) is 29.3 Å². The molecule has 19 heavy (non-hydrogen) atoms. The molecule has 0 atom stereocenters. The lowest BCUT2D eigenvalue weighted by Gasteiger charge is -2.04. The number of anilines is 1. The molecule has 2 rings (SSSR count). The second-order valence-corrected chi connectivity index (χ2v) is 4.92. The maximum Gasteiger partial charge on any atom is 0.342 e. The molecular weight excluding hydrogens is 269 g/mol. The molecule has 1 heterocycles. The van der Waals surface area contributed by atoms with Crippen LogP contribution in [0.2, 0.25) is 0 Å². The Balaban J connectivity index is 2.63. The molecule has 1 aromatic carbocycles. The highest BCUT2D eigenvalue weighted by molar-refractivity contribution is 7.99. The standard InChI is InChI=1S/C12H12FN3O2S/c1-2-19-11-9(12(17)18)10(14)16(15-11)8-6-4-3-5-7(8)13/h3-6H,2,14H2,1H3,(H,17,18). The van der Waals surface area contributed by atoms with Crippen LogP contribution in [0, 0.1) is 5.82 Å². The zero-order chi connectivity index (χ0) is 14.0. The van der Waals surface area contributed by atoms with Gasteiger partial charge in [-0.05, 0) is 17.9 Å². The number of nitrogens with zero attached hydrogens (tertiary/aromatic N) is 2. The van der Waals surface area contributed by atoms with Crippen LogP contribution >= 0.6 is 11.8 Å². The molecule has 0 aliphatic heterocycles. The Kier molecular flexibility index (Phi) is 3.75. The lowest BCUT2D eigenvalue weighted by atomic mass is 10.3. The van der Waals surface area contributed by atoms with Gasteiger partial charge in [0, 0.05) is 0 Å². The maximum atomic E-state index is 13.7. The Labute approximate surface area is 113 Å². The van der Waals surface area contributed by atoms with Crippen molar-refractivity contribution in [3.8, 4) is 5.69 Å². The summed E-state index contributed by atoms with van der Waals surface area (Å²) in [5.74, 6) is -1.11. The Hall–Kier alpha value is -2.02. The van der Waals surface area contributed by atoms with Crippen molar-refractivity contribution in [3.63, 3.8) is 0 Å². The third-order valence-corrected chi connectivity index (χ3v) is 3.31. The van der Waals surface area contributed by atoms with Gasteiger partial charge < -0.3 is 10.8 Å². The van der Waals surface area contributed by atoms with Crippen molar-refractivity contribution < 1.29 is 14.3 Å². The van der Waals surface area contributed by atoms with Crippen LogP contribution < -0.4 is 5.73 Å². The van der Waals surface area contributed by atoms with Gasteiger partial charge in [0.05, 0.1) is 0 Å². The smallest absolute Gasteiger partial charge is 0.342 e. The van der Waals surface area contributed by atoms with Gasteiger partial charge >= 0.3 is 5.97 Å². The summed E-state index contributed by atoms with van der Waals surface area (Å²) in [6.07, 6.45) is 0. The molecule has 100 valence electrons. The highest BCUT2D eigenvalue weighted by atomic mass is 32.2. The van der Waals surface area contributed by atoms with Crippen LogP contribution in [0.5, 0.6) is 0 Å². The molecule has 1 aromatic heterocycles. The molecule has 3 N–H and O–H groups in total. The van der Waals surface area contributed by atoms with Crippen LogP contribution in [0.25, 0.3) is 5.69 Å². The predicted molar refractivity (Wildman–Crippen MR) is 71.3 cm³/mol. The minimum Gasteiger partial charge on any atom is -0.477 e. The molecule has 0 amide bonds. The average Bonchev–Trinajstić information content (AvgIpc) is 2.67. The van der Waals surface area contributed by atoms with Crippen LogP contribution in [-0.2, 0) is 0 Å². The minimum absolute atomic E-state index is 0.0754. The SMILES string of the molecule is CCSc1nn(-c2ccccc2F)c(N)c1C(=O)O. The van der Waals surface area contributed by atoms with Crippen molar-refractivity contribution in [2.24, 2.45) is 0 Å². The number of aromatic carboxylic acids is 1. The molecule has 0 spiro atoms. The summed E-state index contributed by atoms with van der Waals surface area (Å²) in [5, 5.41) is 13.5. The first-order valence-electron chi connectivity index (χ1n) is 5.55. The van der Waals surface area contributed by atoms with Gasteiger partial charge in [0.1, 0.15) is 27.9 Å². The van der Waals surface area contributed by atoms with Crippen LogP contribution in [0.1, 0.15) is 17.3 Å². The third-order valence-electron chi connectivity index (χ3n) is 2.46. The second kappa shape index (κ2) is 5.31. The first-order chi connectivity index (χ1) is 9.06. The fourth-order valence-electron chi connectivity index (χ4n) is 1.66. The molecule has 2 aromatic rings.